The van der Waals surface area contributed by atoms with Crippen LogP contribution in [-0.4, -0.2) is 29.7 Å². The van der Waals surface area contributed by atoms with Gasteiger partial charge in [-0.3, -0.25) is 4.79 Å². The summed E-state index contributed by atoms with van der Waals surface area (Å²) in [6.45, 7) is 0.737. The average Bonchev–Trinajstić information content (AvgIpc) is 2.64. The fraction of sp³-hybridized carbons (Fsp3) is 0.857. The Morgan fingerprint density at radius 3 is 2.71 bits per heavy atom. The first-order chi connectivity index (χ1) is 6.79. The van der Waals surface area contributed by atoms with Crippen molar-refractivity contribution in [2.45, 2.75) is 31.6 Å². The molecule has 6 N–H and O–H groups in total. The number of nitrogens with two attached hydrogens (primary N) is 1. The molecule has 2 heterocycles. The molecule has 0 aromatic carbocycles. The molecule has 0 spiro atoms. The standard InChI is InChI=1S/C7H16N6O/c8-5-3-1-2-4-13(6(5)14)7-9-11-12-10-7/h5,7,9-12H,1-4,8H2/t5-/m0/s1. The molecule has 0 aromatic heterocycles. The van der Waals surface area contributed by atoms with Crippen LogP contribution in [0.1, 0.15) is 19.3 Å². The normalized spacial score (nSPS) is 30.8. The minimum Gasteiger partial charge on any atom is -0.320 e. The van der Waals surface area contributed by atoms with Gasteiger partial charge in [-0.2, -0.15) is 11.1 Å². The third-order valence-electron chi connectivity index (χ3n) is 2.56. The van der Waals surface area contributed by atoms with E-state index in [9.17, 15) is 4.79 Å². The van der Waals surface area contributed by atoms with Crippen molar-refractivity contribution in [3.63, 3.8) is 0 Å². The van der Waals surface area contributed by atoms with Crippen LogP contribution in [0.3, 0.4) is 0 Å². The summed E-state index contributed by atoms with van der Waals surface area (Å²) in [5.41, 5.74) is 16.9. The van der Waals surface area contributed by atoms with E-state index < -0.39 is 0 Å². The maximum absolute atomic E-state index is 11.8. The minimum atomic E-state index is -0.360. The highest BCUT2D eigenvalue weighted by Gasteiger charge is 2.30. The fourth-order valence-corrected chi connectivity index (χ4v) is 1.75. The Balaban J connectivity index is 2.03. The number of hydrogen-bond acceptors (Lipinski definition) is 6. The topological polar surface area (TPSA) is 94.4 Å². The molecule has 7 nitrogen and oxygen atoms in total. The Kier molecular flexibility index (Phi) is 2.94. The summed E-state index contributed by atoms with van der Waals surface area (Å²) in [7, 11) is 0. The summed E-state index contributed by atoms with van der Waals surface area (Å²) in [4.78, 5) is 13.5. The van der Waals surface area contributed by atoms with Crippen LogP contribution in [0.25, 0.3) is 0 Å². The molecular weight excluding hydrogens is 184 g/mol. The van der Waals surface area contributed by atoms with Crippen molar-refractivity contribution < 1.29 is 4.79 Å². The second-order valence-corrected chi connectivity index (χ2v) is 3.58. The van der Waals surface area contributed by atoms with Gasteiger partial charge in [-0.25, -0.2) is 10.9 Å². The SMILES string of the molecule is N[C@H]1CCCCN(C2NNNN2)C1=O. The Morgan fingerprint density at radius 2 is 2.00 bits per heavy atom. The van der Waals surface area contributed by atoms with Gasteiger partial charge in [-0.15, -0.1) is 0 Å². The molecule has 0 radical (unpaired) electrons. The highest BCUT2D eigenvalue weighted by atomic mass is 16.2. The smallest absolute Gasteiger partial charge is 0.241 e. The molecular formula is C7H16N6O. The van der Waals surface area contributed by atoms with Crippen molar-refractivity contribution in [1.29, 1.82) is 0 Å². The predicted octanol–water partition coefficient (Wildman–Crippen LogP) is -2.27. The van der Waals surface area contributed by atoms with E-state index in [1.807, 2.05) is 0 Å². The van der Waals surface area contributed by atoms with Gasteiger partial charge in [-0.05, 0) is 19.3 Å². The number of likely N-dealkylation sites (tertiary alicyclic amines) is 1. The van der Waals surface area contributed by atoms with E-state index in [1.165, 1.54) is 0 Å². The quantitative estimate of drug-likeness (QED) is 0.327. The molecule has 2 saturated heterocycles. The lowest BCUT2D eigenvalue weighted by Gasteiger charge is -2.27. The van der Waals surface area contributed by atoms with E-state index in [4.69, 9.17) is 5.73 Å². The molecule has 0 aliphatic carbocycles. The molecule has 0 bridgehead atoms. The zero-order chi connectivity index (χ0) is 9.97. The van der Waals surface area contributed by atoms with Crippen LogP contribution in [0.15, 0.2) is 0 Å². The second-order valence-electron chi connectivity index (χ2n) is 3.58. The summed E-state index contributed by atoms with van der Waals surface area (Å²) in [6, 6.07) is -0.360. The molecule has 0 unspecified atom stereocenters. The van der Waals surface area contributed by atoms with Gasteiger partial charge >= 0.3 is 0 Å². The van der Waals surface area contributed by atoms with Crippen LogP contribution < -0.4 is 27.7 Å². The van der Waals surface area contributed by atoms with Gasteiger partial charge in [0.05, 0.1) is 6.04 Å². The number of hydrogen-bond donors (Lipinski definition) is 5. The number of rotatable bonds is 1. The summed E-state index contributed by atoms with van der Waals surface area (Å²) in [5.74, 6) is -0.00185. The largest absolute Gasteiger partial charge is 0.320 e. The Bertz CT molecular complexity index is 216. The Labute approximate surface area is 82.3 Å². The van der Waals surface area contributed by atoms with Crippen molar-refractivity contribution in [2.75, 3.05) is 6.54 Å². The van der Waals surface area contributed by atoms with Crippen LogP contribution in [0.4, 0.5) is 0 Å². The Morgan fingerprint density at radius 1 is 1.29 bits per heavy atom. The maximum Gasteiger partial charge on any atom is 0.241 e. The van der Waals surface area contributed by atoms with Gasteiger partial charge in [0.2, 0.25) is 5.91 Å². The average molecular weight is 200 g/mol. The van der Waals surface area contributed by atoms with Gasteiger partial charge in [0.15, 0.2) is 6.29 Å². The lowest BCUT2D eigenvalue weighted by molar-refractivity contribution is -0.135. The molecule has 2 aliphatic heterocycles. The first kappa shape index (κ1) is 9.81. The van der Waals surface area contributed by atoms with Gasteiger partial charge in [0, 0.05) is 6.54 Å². The zero-order valence-corrected chi connectivity index (χ0v) is 7.92. The van der Waals surface area contributed by atoms with Crippen LogP contribution >= 0.6 is 0 Å². The van der Waals surface area contributed by atoms with E-state index in [-0.39, 0.29) is 18.2 Å². The molecule has 0 saturated carbocycles. The van der Waals surface area contributed by atoms with E-state index in [2.05, 4.69) is 21.9 Å². The summed E-state index contributed by atoms with van der Waals surface area (Å²) in [6.07, 6.45) is 2.57. The minimum absolute atomic E-state index is 0.00185. The number of hydrazine groups is 3. The van der Waals surface area contributed by atoms with Crippen molar-refractivity contribution in [2.24, 2.45) is 5.73 Å². The number of amides is 1. The summed E-state index contributed by atoms with van der Waals surface area (Å²) >= 11 is 0. The summed E-state index contributed by atoms with van der Waals surface area (Å²) in [5, 5.41) is 0. The molecule has 1 atom stereocenters. The van der Waals surface area contributed by atoms with E-state index >= 15 is 0 Å². The first-order valence-corrected chi connectivity index (χ1v) is 4.86. The molecule has 2 fully saturated rings. The third kappa shape index (κ3) is 1.86. The highest BCUT2D eigenvalue weighted by molar-refractivity contribution is 5.82. The lowest BCUT2D eigenvalue weighted by atomic mass is 10.1. The molecule has 0 aromatic rings. The zero-order valence-electron chi connectivity index (χ0n) is 7.92. The molecule has 14 heavy (non-hydrogen) atoms. The highest BCUT2D eigenvalue weighted by Crippen LogP contribution is 2.11. The molecule has 2 aliphatic rings. The molecule has 7 heteroatoms. The van der Waals surface area contributed by atoms with Gasteiger partial charge in [0.1, 0.15) is 0 Å². The molecule has 1 amide bonds. The van der Waals surface area contributed by atoms with E-state index in [1.54, 1.807) is 4.90 Å². The van der Waals surface area contributed by atoms with Crippen LogP contribution in [0, 0.1) is 0 Å². The van der Waals surface area contributed by atoms with Gasteiger partial charge in [0.25, 0.3) is 0 Å². The fourth-order valence-electron chi connectivity index (χ4n) is 1.75. The number of carbonyl (C=O) groups is 1. The molecule has 80 valence electrons. The summed E-state index contributed by atoms with van der Waals surface area (Å²) < 4.78 is 0. The predicted molar refractivity (Wildman–Crippen MR) is 49.9 cm³/mol. The Hall–Kier alpha value is -0.730. The monoisotopic (exact) mass is 200 g/mol. The second kappa shape index (κ2) is 4.20. The number of carbonyl (C=O) groups excluding carboxylic acids is 1. The van der Waals surface area contributed by atoms with Crippen molar-refractivity contribution in [3.05, 3.63) is 0 Å². The van der Waals surface area contributed by atoms with E-state index in [0.29, 0.717) is 0 Å². The van der Waals surface area contributed by atoms with Gasteiger partial charge in [-0.1, -0.05) is 0 Å². The molecule has 2 rings (SSSR count). The lowest BCUT2D eigenvalue weighted by Crippen LogP contribution is -2.56. The number of nitrogens with zero attached hydrogens (tertiary/aromatic N) is 1. The van der Waals surface area contributed by atoms with Crippen LogP contribution in [-0.2, 0) is 4.79 Å². The first-order valence-electron chi connectivity index (χ1n) is 4.86. The maximum atomic E-state index is 11.8. The van der Waals surface area contributed by atoms with Crippen molar-refractivity contribution in [3.8, 4) is 0 Å². The van der Waals surface area contributed by atoms with E-state index in [0.717, 1.165) is 25.8 Å². The van der Waals surface area contributed by atoms with Crippen molar-refractivity contribution in [1.82, 2.24) is 26.8 Å². The third-order valence-corrected chi connectivity index (χ3v) is 2.56. The number of nitrogens with one attached hydrogen (secondary N) is 4. The van der Waals surface area contributed by atoms with Crippen molar-refractivity contribution >= 4 is 5.91 Å². The van der Waals surface area contributed by atoms with Gasteiger partial charge < -0.3 is 10.6 Å². The van der Waals surface area contributed by atoms with Crippen LogP contribution in [0.5, 0.6) is 0 Å². The van der Waals surface area contributed by atoms with Crippen LogP contribution in [0.2, 0.25) is 0 Å².